The monoisotopic (exact) mass is 148 g/mol. The third kappa shape index (κ3) is 6.97. The molecule has 0 spiro atoms. The van der Waals surface area contributed by atoms with Gasteiger partial charge in [-0.15, -0.1) is 0 Å². The summed E-state index contributed by atoms with van der Waals surface area (Å²) in [6, 6.07) is 0. The van der Waals surface area contributed by atoms with E-state index in [9.17, 15) is 0 Å². The largest absolute Gasteiger partial charge is 1.00 e. The zero-order valence-corrected chi connectivity index (χ0v) is 8.85. The molecule has 1 heteroatoms. The predicted molar refractivity (Wildman–Crippen MR) is 47.8 cm³/mol. The Hall–Kier alpha value is 0.597. The van der Waals surface area contributed by atoms with E-state index in [0.29, 0.717) is 0 Å². The summed E-state index contributed by atoms with van der Waals surface area (Å²) in [5.41, 5.74) is 0. The molecule has 0 aliphatic carbocycles. The average molecular weight is 148 g/mol. The van der Waals surface area contributed by atoms with Crippen LogP contribution in [-0.2, 0) is 0 Å². The molecule has 0 saturated heterocycles. The van der Waals surface area contributed by atoms with Gasteiger partial charge >= 0.3 is 18.9 Å². The van der Waals surface area contributed by atoms with Crippen molar-refractivity contribution in [1.82, 2.24) is 0 Å². The molecule has 0 bridgehead atoms. The van der Waals surface area contributed by atoms with E-state index < -0.39 is 0 Å². The summed E-state index contributed by atoms with van der Waals surface area (Å²) in [5, 5.41) is 0. The first-order valence-corrected chi connectivity index (χ1v) is 4.59. The molecule has 0 aromatic heterocycles. The molecule has 0 nitrogen and oxygen atoms in total. The quantitative estimate of drug-likeness (QED) is 0.397. The van der Waals surface area contributed by atoms with Gasteiger partial charge in [0.05, 0.1) is 0 Å². The molecule has 0 radical (unpaired) electrons. The van der Waals surface area contributed by atoms with Gasteiger partial charge in [0.25, 0.3) is 0 Å². The fourth-order valence-electron chi connectivity index (χ4n) is 1.16. The van der Waals surface area contributed by atoms with E-state index >= 15 is 0 Å². The van der Waals surface area contributed by atoms with Gasteiger partial charge < -0.3 is 6.42 Å². The van der Waals surface area contributed by atoms with Crippen molar-refractivity contribution in [2.75, 3.05) is 0 Å². The Bertz CT molecular complexity index is 67.3. The minimum atomic E-state index is 0. The van der Waals surface area contributed by atoms with Crippen LogP contribution in [-0.4, -0.2) is 0 Å². The normalized spacial score (nSPS) is 12.8. The van der Waals surface area contributed by atoms with Crippen LogP contribution >= 0.6 is 0 Å². The molecular weight excluding hydrogens is 127 g/mol. The fraction of sp³-hybridized carbons (Fsp3) is 0.900. The maximum Gasteiger partial charge on any atom is 1.00 e. The molecule has 0 saturated carbocycles. The van der Waals surface area contributed by atoms with Gasteiger partial charge in [-0.3, -0.25) is 0 Å². The second-order valence-corrected chi connectivity index (χ2v) is 3.15. The van der Waals surface area contributed by atoms with E-state index in [4.69, 9.17) is 0 Å². The Morgan fingerprint density at radius 2 is 1.45 bits per heavy atom. The van der Waals surface area contributed by atoms with Gasteiger partial charge in [0.2, 0.25) is 0 Å². The summed E-state index contributed by atoms with van der Waals surface area (Å²) in [6.45, 7) is 9.10. The predicted octanol–water partition coefficient (Wildman–Crippen LogP) is 0.677. The van der Waals surface area contributed by atoms with Crippen molar-refractivity contribution in [3.8, 4) is 0 Å². The molecule has 0 heterocycles. The molecule has 62 valence electrons. The first kappa shape index (κ1) is 14.1. The van der Waals surface area contributed by atoms with Gasteiger partial charge in [-0.25, -0.2) is 0 Å². The summed E-state index contributed by atoms with van der Waals surface area (Å²) >= 11 is 0. The molecule has 0 aliphatic heterocycles. The number of rotatable bonds is 5. The smallest absolute Gasteiger partial charge is 0.323 e. The molecule has 0 aromatic carbocycles. The van der Waals surface area contributed by atoms with E-state index in [1.165, 1.54) is 19.3 Å². The second-order valence-electron chi connectivity index (χ2n) is 3.15. The van der Waals surface area contributed by atoms with Crippen LogP contribution in [0.15, 0.2) is 0 Å². The van der Waals surface area contributed by atoms with E-state index in [2.05, 4.69) is 34.1 Å². The van der Waals surface area contributed by atoms with Crippen LogP contribution in [0.5, 0.6) is 0 Å². The topological polar surface area (TPSA) is 0 Å². The summed E-state index contributed by atoms with van der Waals surface area (Å²) < 4.78 is 0. The third-order valence-electron chi connectivity index (χ3n) is 2.29. The molecule has 11 heavy (non-hydrogen) atoms. The van der Waals surface area contributed by atoms with Crippen LogP contribution < -0.4 is 18.9 Å². The van der Waals surface area contributed by atoms with E-state index in [1.807, 2.05) is 0 Å². The van der Waals surface area contributed by atoms with Crippen LogP contribution in [0.25, 0.3) is 0 Å². The number of hydrogen-bond donors (Lipinski definition) is 0. The summed E-state index contributed by atoms with van der Waals surface area (Å²) in [6.07, 6.45) is 6.40. The molecule has 0 fully saturated rings. The fourth-order valence-corrected chi connectivity index (χ4v) is 1.16. The molecule has 1 atom stereocenters. The summed E-state index contributed by atoms with van der Waals surface area (Å²) in [5.74, 6) is 1.67. The Morgan fingerprint density at radius 1 is 1.00 bits per heavy atom. The maximum atomic E-state index is 2.50. The van der Waals surface area contributed by atoms with Crippen molar-refractivity contribution in [2.45, 2.75) is 47.0 Å². The minimum Gasteiger partial charge on any atom is -0.323 e. The Labute approximate surface area is 84.3 Å². The van der Waals surface area contributed by atoms with E-state index in [-0.39, 0.29) is 18.9 Å². The van der Waals surface area contributed by atoms with Crippen LogP contribution in [0.3, 0.4) is 0 Å². The number of hydrogen-bond acceptors (Lipinski definition) is 0. The Morgan fingerprint density at radius 3 is 1.73 bits per heavy atom. The molecule has 1 unspecified atom stereocenters. The van der Waals surface area contributed by atoms with Crippen molar-refractivity contribution < 1.29 is 18.9 Å². The first-order chi connectivity index (χ1) is 4.74. The van der Waals surface area contributed by atoms with Crippen molar-refractivity contribution >= 4 is 0 Å². The Balaban J connectivity index is 0. The average Bonchev–Trinajstić information content (AvgIpc) is 1.99. The van der Waals surface area contributed by atoms with Crippen LogP contribution in [0.2, 0.25) is 0 Å². The van der Waals surface area contributed by atoms with Gasteiger partial charge in [0.1, 0.15) is 0 Å². The summed E-state index contributed by atoms with van der Waals surface area (Å²) in [7, 11) is 0. The van der Waals surface area contributed by atoms with Crippen LogP contribution in [0.1, 0.15) is 47.0 Å². The van der Waals surface area contributed by atoms with Crippen molar-refractivity contribution in [3.05, 3.63) is 6.42 Å². The molecule has 0 rings (SSSR count). The SMILES string of the molecule is CCC(C)[CH-]C(CC)CC.[Li+]. The van der Waals surface area contributed by atoms with Crippen molar-refractivity contribution in [3.63, 3.8) is 0 Å². The molecule has 0 aliphatic rings. The van der Waals surface area contributed by atoms with Crippen LogP contribution in [0, 0.1) is 18.3 Å². The molecule has 0 aromatic rings. The van der Waals surface area contributed by atoms with Gasteiger partial charge in [-0.05, 0) is 0 Å². The summed E-state index contributed by atoms with van der Waals surface area (Å²) in [4.78, 5) is 0. The first-order valence-electron chi connectivity index (χ1n) is 4.59. The molecule has 0 N–H and O–H groups in total. The molecular formula is C10H21Li. The van der Waals surface area contributed by atoms with E-state index in [0.717, 1.165) is 11.8 Å². The van der Waals surface area contributed by atoms with Gasteiger partial charge in [-0.2, -0.15) is 11.8 Å². The Kier molecular flexibility index (Phi) is 11.2. The maximum absolute atomic E-state index is 2.50. The molecule has 0 amide bonds. The van der Waals surface area contributed by atoms with Crippen molar-refractivity contribution in [2.24, 2.45) is 11.8 Å². The standard InChI is InChI=1S/C10H21.Li/c1-5-9(4)8-10(6-2)7-3;/h8-10H,5-7H2,1-4H3;/q-1;+1. The van der Waals surface area contributed by atoms with Gasteiger partial charge in [0, 0.05) is 0 Å². The minimum absolute atomic E-state index is 0. The van der Waals surface area contributed by atoms with Gasteiger partial charge in [0.15, 0.2) is 0 Å². The second kappa shape index (κ2) is 8.69. The zero-order chi connectivity index (χ0) is 7.98. The van der Waals surface area contributed by atoms with Crippen LogP contribution in [0.4, 0.5) is 0 Å². The third-order valence-corrected chi connectivity index (χ3v) is 2.29. The zero-order valence-electron chi connectivity index (χ0n) is 8.85. The van der Waals surface area contributed by atoms with Gasteiger partial charge in [-0.1, -0.05) is 47.0 Å². The van der Waals surface area contributed by atoms with E-state index in [1.54, 1.807) is 0 Å². The van der Waals surface area contributed by atoms with Crippen molar-refractivity contribution in [1.29, 1.82) is 0 Å².